The zero-order chi connectivity index (χ0) is 19.5. The Balaban J connectivity index is 0.00000392. The van der Waals surface area contributed by atoms with Crippen molar-refractivity contribution in [1.82, 2.24) is 20.4 Å². The Bertz CT molecular complexity index is 596. The Kier molecular flexibility index (Phi) is 12.1. The van der Waals surface area contributed by atoms with Gasteiger partial charge in [0.25, 0.3) is 0 Å². The zero-order valence-electron chi connectivity index (χ0n) is 17.5. The third-order valence-electron chi connectivity index (χ3n) is 5.08. The summed E-state index contributed by atoms with van der Waals surface area (Å²) in [6, 6.07) is 10.6. The second kappa shape index (κ2) is 13.8. The fourth-order valence-corrected chi connectivity index (χ4v) is 3.53. The van der Waals surface area contributed by atoms with E-state index in [1.165, 1.54) is 19.4 Å². The third kappa shape index (κ3) is 7.95. The summed E-state index contributed by atoms with van der Waals surface area (Å²) in [5, 5.41) is 6.67. The number of hydrogen-bond donors (Lipinski definition) is 2. The number of hydrogen-bond acceptors (Lipinski definition) is 3. The Morgan fingerprint density at radius 3 is 2.61 bits per heavy atom. The lowest BCUT2D eigenvalue weighted by atomic mass is 10.2. The molecule has 2 N–H and O–H groups in total. The van der Waals surface area contributed by atoms with Crippen molar-refractivity contribution in [2.45, 2.75) is 46.2 Å². The van der Waals surface area contributed by atoms with E-state index in [1.807, 2.05) is 49.1 Å². The maximum absolute atomic E-state index is 12.6. The van der Waals surface area contributed by atoms with Crippen LogP contribution in [0, 0.1) is 0 Å². The minimum atomic E-state index is 0. The second-order valence-corrected chi connectivity index (χ2v) is 6.89. The number of likely N-dealkylation sites (tertiary alicyclic amines) is 1. The molecule has 1 heterocycles. The van der Waals surface area contributed by atoms with Gasteiger partial charge in [-0.25, -0.2) is 4.99 Å². The number of rotatable bonds is 9. The van der Waals surface area contributed by atoms with Gasteiger partial charge < -0.3 is 15.5 Å². The number of guanidine groups is 1. The molecule has 28 heavy (non-hydrogen) atoms. The summed E-state index contributed by atoms with van der Waals surface area (Å²) in [6.45, 7) is 11.7. The molecule has 0 saturated carbocycles. The molecule has 1 aliphatic rings. The quantitative estimate of drug-likeness (QED) is 0.311. The number of carbonyl (C=O) groups is 1. The molecule has 1 aromatic rings. The number of halogens is 1. The van der Waals surface area contributed by atoms with E-state index in [2.05, 4.69) is 27.4 Å². The predicted molar refractivity (Wildman–Crippen MR) is 127 cm³/mol. The maximum Gasteiger partial charge on any atom is 0.244 e. The summed E-state index contributed by atoms with van der Waals surface area (Å²) in [4.78, 5) is 21.5. The molecule has 7 heteroatoms. The molecule has 0 spiro atoms. The lowest BCUT2D eigenvalue weighted by Gasteiger charge is -2.24. The normalized spacial score (nSPS) is 17.1. The lowest BCUT2D eigenvalue weighted by molar-refractivity contribution is -0.130. The van der Waals surface area contributed by atoms with Gasteiger partial charge in [-0.3, -0.25) is 9.69 Å². The predicted octanol–water partition coefficient (Wildman–Crippen LogP) is 2.69. The Morgan fingerprint density at radius 2 is 1.96 bits per heavy atom. The van der Waals surface area contributed by atoms with Gasteiger partial charge in [0, 0.05) is 32.2 Å². The molecule has 1 fully saturated rings. The Hall–Kier alpha value is -1.35. The molecule has 0 radical (unpaired) electrons. The number of nitrogens with zero attached hydrogens (tertiary/aromatic N) is 3. The standard InChI is InChI=1S/C21H35N5O.HI/c1-4-22-21(23-15-19-13-10-14-25(19)5-2)24-16-20(27)26(6-3)17-18-11-8-7-9-12-18;/h7-9,11-12,19H,4-6,10,13-17H2,1-3H3,(H2,22,23,24);1H. The molecule has 2 rings (SSSR count). The number of benzene rings is 1. The summed E-state index contributed by atoms with van der Waals surface area (Å²) < 4.78 is 0. The van der Waals surface area contributed by atoms with Crippen molar-refractivity contribution in [2.75, 3.05) is 39.3 Å². The first-order chi connectivity index (χ1) is 13.2. The van der Waals surface area contributed by atoms with E-state index >= 15 is 0 Å². The largest absolute Gasteiger partial charge is 0.357 e. The van der Waals surface area contributed by atoms with Gasteiger partial charge >= 0.3 is 0 Å². The van der Waals surface area contributed by atoms with Crippen LogP contribution in [0.3, 0.4) is 0 Å². The molecule has 1 aromatic carbocycles. The van der Waals surface area contributed by atoms with E-state index in [4.69, 9.17) is 0 Å². The van der Waals surface area contributed by atoms with Crippen molar-refractivity contribution in [3.63, 3.8) is 0 Å². The highest BCUT2D eigenvalue weighted by atomic mass is 127. The van der Waals surface area contributed by atoms with Crippen LogP contribution >= 0.6 is 24.0 Å². The molecule has 0 aromatic heterocycles. The van der Waals surface area contributed by atoms with Crippen molar-refractivity contribution in [1.29, 1.82) is 0 Å². The minimum Gasteiger partial charge on any atom is -0.357 e. The van der Waals surface area contributed by atoms with E-state index in [0.717, 1.165) is 31.2 Å². The molecule has 0 bridgehead atoms. The number of aliphatic imine (C=N–C) groups is 1. The lowest BCUT2D eigenvalue weighted by Crippen LogP contribution is -2.45. The molecule has 1 atom stereocenters. The fourth-order valence-electron chi connectivity index (χ4n) is 3.53. The highest BCUT2D eigenvalue weighted by molar-refractivity contribution is 14.0. The van der Waals surface area contributed by atoms with Crippen LogP contribution in [0.15, 0.2) is 35.3 Å². The first-order valence-corrected chi connectivity index (χ1v) is 10.3. The minimum absolute atomic E-state index is 0. The molecule has 158 valence electrons. The highest BCUT2D eigenvalue weighted by Crippen LogP contribution is 2.15. The SMILES string of the molecule is CCNC(=NCC(=O)N(CC)Cc1ccccc1)NCC1CCCN1CC.I. The number of likely N-dealkylation sites (N-methyl/N-ethyl adjacent to an activating group) is 2. The van der Waals surface area contributed by atoms with Crippen molar-refractivity contribution in [3.8, 4) is 0 Å². The molecule has 1 amide bonds. The summed E-state index contributed by atoms with van der Waals surface area (Å²) in [6.07, 6.45) is 2.48. The summed E-state index contributed by atoms with van der Waals surface area (Å²) >= 11 is 0. The maximum atomic E-state index is 12.6. The first kappa shape index (κ1) is 24.7. The van der Waals surface area contributed by atoms with Crippen LogP contribution in [0.4, 0.5) is 0 Å². The molecular weight excluding hydrogens is 465 g/mol. The summed E-state index contributed by atoms with van der Waals surface area (Å²) in [7, 11) is 0. The van der Waals surface area contributed by atoms with Crippen molar-refractivity contribution >= 4 is 35.8 Å². The first-order valence-electron chi connectivity index (χ1n) is 10.3. The summed E-state index contributed by atoms with van der Waals surface area (Å²) in [5.74, 6) is 0.777. The zero-order valence-corrected chi connectivity index (χ0v) is 19.8. The third-order valence-corrected chi connectivity index (χ3v) is 5.08. The highest BCUT2D eigenvalue weighted by Gasteiger charge is 2.22. The van der Waals surface area contributed by atoms with Crippen LogP contribution in [0.2, 0.25) is 0 Å². The monoisotopic (exact) mass is 501 g/mol. The second-order valence-electron chi connectivity index (χ2n) is 6.89. The average molecular weight is 501 g/mol. The Labute approximate surface area is 187 Å². The van der Waals surface area contributed by atoms with Gasteiger partial charge in [0.2, 0.25) is 5.91 Å². The van der Waals surface area contributed by atoms with Crippen LogP contribution in [-0.4, -0.2) is 67.0 Å². The van der Waals surface area contributed by atoms with Crippen LogP contribution in [-0.2, 0) is 11.3 Å². The van der Waals surface area contributed by atoms with Crippen LogP contribution in [0.1, 0.15) is 39.2 Å². The van der Waals surface area contributed by atoms with Gasteiger partial charge in [0.15, 0.2) is 5.96 Å². The number of carbonyl (C=O) groups excluding carboxylic acids is 1. The molecular formula is C21H36IN5O. The molecule has 1 aliphatic heterocycles. The van der Waals surface area contributed by atoms with Crippen LogP contribution in [0.5, 0.6) is 0 Å². The van der Waals surface area contributed by atoms with Gasteiger partial charge in [-0.15, -0.1) is 24.0 Å². The smallest absolute Gasteiger partial charge is 0.244 e. The number of nitrogens with one attached hydrogen (secondary N) is 2. The molecule has 1 saturated heterocycles. The summed E-state index contributed by atoms with van der Waals surface area (Å²) in [5.41, 5.74) is 1.14. The number of amides is 1. The molecule has 6 nitrogen and oxygen atoms in total. The van der Waals surface area contributed by atoms with E-state index in [0.29, 0.717) is 19.1 Å². The van der Waals surface area contributed by atoms with Gasteiger partial charge in [0.1, 0.15) is 6.54 Å². The fraction of sp³-hybridized carbons (Fsp3) is 0.619. The van der Waals surface area contributed by atoms with Crippen molar-refractivity contribution in [2.24, 2.45) is 4.99 Å². The van der Waals surface area contributed by atoms with E-state index < -0.39 is 0 Å². The topological polar surface area (TPSA) is 60.0 Å². The van der Waals surface area contributed by atoms with Crippen LogP contribution in [0.25, 0.3) is 0 Å². The van der Waals surface area contributed by atoms with Crippen molar-refractivity contribution < 1.29 is 4.79 Å². The van der Waals surface area contributed by atoms with Gasteiger partial charge in [-0.05, 0) is 45.3 Å². The van der Waals surface area contributed by atoms with Gasteiger partial charge in [-0.2, -0.15) is 0 Å². The van der Waals surface area contributed by atoms with Crippen LogP contribution < -0.4 is 10.6 Å². The van der Waals surface area contributed by atoms with E-state index in [1.54, 1.807) is 0 Å². The van der Waals surface area contributed by atoms with E-state index in [9.17, 15) is 4.79 Å². The van der Waals surface area contributed by atoms with E-state index in [-0.39, 0.29) is 36.4 Å². The molecule has 0 aliphatic carbocycles. The average Bonchev–Trinajstić information content (AvgIpc) is 3.16. The van der Waals surface area contributed by atoms with Crippen molar-refractivity contribution in [3.05, 3.63) is 35.9 Å². The van der Waals surface area contributed by atoms with Gasteiger partial charge in [-0.1, -0.05) is 37.3 Å². The molecule has 1 unspecified atom stereocenters. The Morgan fingerprint density at radius 1 is 1.21 bits per heavy atom. The van der Waals surface area contributed by atoms with Gasteiger partial charge in [0.05, 0.1) is 0 Å².